The number of nitrogens with zero attached hydrogens (tertiary/aromatic N) is 1. The van der Waals surface area contributed by atoms with Gasteiger partial charge in [0.25, 0.3) is 5.69 Å². The Morgan fingerprint density at radius 1 is 1.40 bits per heavy atom. The van der Waals surface area contributed by atoms with Gasteiger partial charge in [-0.15, -0.1) is 0 Å². The fourth-order valence-corrected chi connectivity index (χ4v) is 1.85. The number of hydrogen-bond acceptors (Lipinski definition) is 4. The fourth-order valence-electron chi connectivity index (χ4n) is 1.85. The van der Waals surface area contributed by atoms with Crippen molar-refractivity contribution >= 4 is 17.3 Å². The molecular formula is C11H9F3N2O4. The summed E-state index contributed by atoms with van der Waals surface area (Å²) < 4.78 is 38.6. The summed E-state index contributed by atoms with van der Waals surface area (Å²) in [7, 11) is 0. The van der Waals surface area contributed by atoms with E-state index in [2.05, 4.69) is 0 Å². The summed E-state index contributed by atoms with van der Waals surface area (Å²) >= 11 is 0. The van der Waals surface area contributed by atoms with E-state index in [0.29, 0.717) is 0 Å². The van der Waals surface area contributed by atoms with Crippen LogP contribution < -0.4 is 5.32 Å². The van der Waals surface area contributed by atoms with Gasteiger partial charge >= 0.3 is 12.1 Å². The highest BCUT2D eigenvalue weighted by molar-refractivity contribution is 5.97. The second kappa shape index (κ2) is 4.36. The average Bonchev–Trinajstić information content (AvgIpc) is 3.09. The van der Waals surface area contributed by atoms with E-state index in [9.17, 15) is 28.1 Å². The summed E-state index contributed by atoms with van der Waals surface area (Å²) in [5, 5.41) is 21.8. The Kier molecular flexibility index (Phi) is 3.07. The number of nitro benzene ring substituents is 1. The molecule has 0 unspecified atom stereocenters. The maximum atomic E-state index is 12.9. The molecule has 0 radical (unpaired) electrons. The lowest BCUT2D eigenvalue weighted by atomic mass is 10.1. The third-order valence-corrected chi connectivity index (χ3v) is 3.13. The van der Waals surface area contributed by atoms with E-state index in [1.165, 1.54) is 0 Å². The lowest BCUT2D eigenvalue weighted by Gasteiger charge is -2.22. The van der Waals surface area contributed by atoms with Crippen LogP contribution in [0.25, 0.3) is 0 Å². The largest absolute Gasteiger partial charge is 0.478 e. The van der Waals surface area contributed by atoms with Crippen LogP contribution in [-0.4, -0.2) is 27.7 Å². The second-order valence-corrected chi connectivity index (χ2v) is 4.47. The van der Waals surface area contributed by atoms with Crippen molar-refractivity contribution in [3.63, 3.8) is 0 Å². The number of rotatable bonds is 4. The number of anilines is 1. The number of benzene rings is 1. The Labute approximate surface area is 110 Å². The van der Waals surface area contributed by atoms with Crippen LogP contribution in [0.3, 0.4) is 0 Å². The van der Waals surface area contributed by atoms with Crippen LogP contribution in [0.5, 0.6) is 0 Å². The summed E-state index contributed by atoms with van der Waals surface area (Å²) in [5.74, 6) is -1.53. The van der Waals surface area contributed by atoms with Crippen molar-refractivity contribution in [3.8, 4) is 0 Å². The van der Waals surface area contributed by atoms with Gasteiger partial charge < -0.3 is 10.4 Å². The minimum atomic E-state index is -4.60. The molecule has 2 rings (SSSR count). The molecular weight excluding hydrogens is 281 g/mol. The van der Waals surface area contributed by atoms with Crippen LogP contribution in [0, 0.1) is 10.1 Å². The number of carbonyl (C=O) groups is 1. The molecule has 0 saturated heterocycles. The zero-order chi connectivity index (χ0) is 15.1. The smallest absolute Gasteiger partial charge is 0.411 e. The Hall–Kier alpha value is -2.32. The number of para-hydroxylation sites is 1. The molecule has 2 N–H and O–H groups in total. The molecule has 1 saturated carbocycles. The van der Waals surface area contributed by atoms with Crippen molar-refractivity contribution in [1.82, 2.24) is 0 Å². The molecule has 6 nitrogen and oxygen atoms in total. The highest BCUT2D eigenvalue weighted by Crippen LogP contribution is 2.52. The van der Waals surface area contributed by atoms with E-state index >= 15 is 0 Å². The predicted molar refractivity (Wildman–Crippen MR) is 61.7 cm³/mol. The third kappa shape index (κ3) is 2.26. The van der Waals surface area contributed by atoms with Crippen molar-refractivity contribution in [2.24, 2.45) is 0 Å². The van der Waals surface area contributed by atoms with Crippen molar-refractivity contribution in [2.45, 2.75) is 24.6 Å². The van der Waals surface area contributed by atoms with Crippen molar-refractivity contribution in [1.29, 1.82) is 0 Å². The van der Waals surface area contributed by atoms with Crippen LogP contribution in [0.1, 0.15) is 23.2 Å². The first-order chi connectivity index (χ1) is 9.18. The summed E-state index contributed by atoms with van der Waals surface area (Å²) in [4.78, 5) is 20.9. The van der Waals surface area contributed by atoms with Crippen molar-refractivity contribution in [3.05, 3.63) is 33.9 Å². The highest BCUT2D eigenvalue weighted by Gasteiger charge is 2.64. The first kappa shape index (κ1) is 14.1. The number of halogens is 3. The van der Waals surface area contributed by atoms with Crippen molar-refractivity contribution < 1.29 is 28.0 Å². The topological polar surface area (TPSA) is 92.5 Å². The number of aromatic carboxylic acids is 1. The normalized spacial score (nSPS) is 16.6. The standard InChI is InChI=1S/C11H9F3N2O4/c12-11(13,14)10(4-5-10)15-8-6(9(17)18)2-1-3-7(8)16(19)20/h1-3,15H,4-5H2,(H,17,18). The summed E-state index contributed by atoms with van der Waals surface area (Å²) in [6.07, 6.45) is -5.10. The van der Waals surface area contributed by atoms with Crippen LogP contribution in [0.15, 0.2) is 18.2 Å². The molecule has 108 valence electrons. The molecule has 9 heteroatoms. The van der Waals surface area contributed by atoms with E-state index in [1.807, 2.05) is 5.32 Å². The number of carboxylic acid groups (broad SMARTS) is 1. The lowest BCUT2D eigenvalue weighted by Crippen LogP contribution is -2.39. The van der Waals surface area contributed by atoms with Gasteiger partial charge in [0, 0.05) is 6.07 Å². The van der Waals surface area contributed by atoms with E-state index in [-0.39, 0.29) is 12.8 Å². The van der Waals surface area contributed by atoms with Crippen molar-refractivity contribution in [2.75, 3.05) is 5.32 Å². The van der Waals surface area contributed by atoms with Gasteiger partial charge in [-0.1, -0.05) is 6.07 Å². The van der Waals surface area contributed by atoms with Gasteiger partial charge in [-0.2, -0.15) is 13.2 Å². The maximum absolute atomic E-state index is 12.9. The second-order valence-electron chi connectivity index (χ2n) is 4.47. The molecule has 0 atom stereocenters. The number of nitro groups is 1. The summed E-state index contributed by atoms with van der Waals surface area (Å²) in [6.45, 7) is 0. The maximum Gasteiger partial charge on any atom is 0.411 e. The quantitative estimate of drug-likeness (QED) is 0.657. The zero-order valence-electron chi connectivity index (χ0n) is 9.90. The fraction of sp³-hybridized carbons (Fsp3) is 0.364. The third-order valence-electron chi connectivity index (χ3n) is 3.13. The highest BCUT2D eigenvalue weighted by atomic mass is 19.4. The first-order valence-electron chi connectivity index (χ1n) is 5.53. The molecule has 0 heterocycles. The molecule has 0 amide bonds. The number of hydrogen-bond donors (Lipinski definition) is 2. The SMILES string of the molecule is O=C(O)c1cccc([N+](=O)[O-])c1NC1(C(F)(F)F)CC1. The zero-order valence-corrected chi connectivity index (χ0v) is 9.90. The number of nitrogens with one attached hydrogen (secondary N) is 1. The Morgan fingerprint density at radius 2 is 2.00 bits per heavy atom. The molecule has 1 aromatic rings. The predicted octanol–water partition coefficient (Wildman–Crippen LogP) is 2.80. The summed E-state index contributed by atoms with van der Waals surface area (Å²) in [6, 6.07) is 3.09. The van der Waals surface area contributed by atoms with E-state index < -0.39 is 39.5 Å². The molecule has 0 aliphatic heterocycles. The van der Waals surface area contributed by atoms with Crippen LogP contribution >= 0.6 is 0 Å². The molecule has 0 bridgehead atoms. The van der Waals surface area contributed by atoms with Gasteiger partial charge in [0.15, 0.2) is 0 Å². The molecule has 1 aliphatic carbocycles. The Balaban J connectivity index is 2.50. The Bertz CT molecular complexity index is 549. The average molecular weight is 290 g/mol. The van der Waals surface area contributed by atoms with E-state index in [1.54, 1.807) is 0 Å². The van der Waals surface area contributed by atoms with E-state index in [4.69, 9.17) is 5.11 Å². The minimum absolute atomic E-state index is 0.248. The minimum Gasteiger partial charge on any atom is -0.478 e. The van der Waals surface area contributed by atoms with Gasteiger partial charge in [0.2, 0.25) is 0 Å². The Morgan fingerprint density at radius 3 is 2.40 bits per heavy atom. The monoisotopic (exact) mass is 290 g/mol. The van der Waals surface area contributed by atoms with Gasteiger partial charge in [-0.25, -0.2) is 4.79 Å². The van der Waals surface area contributed by atoms with Gasteiger partial charge in [-0.3, -0.25) is 10.1 Å². The van der Waals surface area contributed by atoms with Crippen LogP contribution in [0.2, 0.25) is 0 Å². The van der Waals surface area contributed by atoms with Gasteiger partial charge in [0.05, 0.1) is 10.5 Å². The molecule has 20 heavy (non-hydrogen) atoms. The summed E-state index contributed by atoms with van der Waals surface area (Å²) in [5.41, 5.74) is -4.14. The number of carboxylic acids is 1. The van der Waals surface area contributed by atoms with Crippen LogP contribution in [0.4, 0.5) is 24.5 Å². The molecule has 1 aromatic carbocycles. The lowest BCUT2D eigenvalue weighted by molar-refractivity contribution is -0.384. The van der Waals surface area contributed by atoms with Crippen LogP contribution in [-0.2, 0) is 0 Å². The van der Waals surface area contributed by atoms with Gasteiger partial charge in [0.1, 0.15) is 11.2 Å². The molecule has 0 aromatic heterocycles. The molecule has 1 aliphatic rings. The first-order valence-corrected chi connectivity index (χ1v) is 5.53. The van der Waals surface area contributed by atoms with E-state index in [0.717, 1.165) is 18.2 Å². The number of alkyl halides is 3. The molecule has 1 fully saturated rings. The van der Waals surface area contributed by atoms with Gasteiger partial charge in [-0.05, 0) is 18.9 Å². The molecule has 0 spiro atoms.